The lowest BCUT2D eigenvalue weighted by Crippen LogP contribution is -2.26. The molecule has 2 N–H and O–H groups in total. The summed E-state index contributed by atoms with van der Waals surface area (Å²) >= 11 is 0. The van der Waals surface area contributed by atoms with Gasteiger partial charge in [0.05, 0.1) is 17.8 Å². The number of ketones is 1. The lowest BCUT2D eigenvalue weighted by atomic mass is 10.0. The number of aromatic amines is 2. The SMILES string of the molecule is O=C(CCc1cccc(-c2cc(=O)[nH][nH]2)c1)c1cccn(Cc2ccc(F)c(F)c2)c1=O. The van der Waals surface area contributed by atoms with Crippen LogP contribution in [0, 0.1) is 11.6 Å². The normalized spacial score (nSPS) is 10.9. The first kappa shape index (κ1) is 21.2. The molecule has 0 aliphatic carbocycles. The van der Waals surface area contributed by atoms with Crippen molar-refractivity contribution in [1.82, 2.24) is 14.8 Å². The Hall–Kier alpha value is -4.07. The molecule has 0 aliphatic rings. The van der Waals surface area contributed by atoms with Gasteiger partial charge in [-0.2, -0.15) is 0 Å². The minimum Gasteiger partial charge on any atom is -0.310 e. The van der Waals surface area contributed by atoms with E-state index in [1.54, 1.807) is 6.07 Å². The fourth-order valence-electron chi connectivity index (χ4n) is 3.48. The molecule has 0 bridgehead atoms. The molecule has 2 heterocycles. The minimum atomic E-state index is -0.992. The zero-order valence-corrected chi connectivity index (χ0v) is 16.9. The van der Waals surface area contributed by atoms with Gasteiger partial charge in [0.1, 0.15) is 0 Å². The van der Waals surface area contributed by atoms with Gasteiger partial charge in [-0.1, -0.05) is 24.3 Å². The molecule has 6 nitrogen and oxygen atoms in total. The van der Waals surface area contributed by atoms with Crippen molar-refractivity contribution in [3.63, 3.8) is 0 Å². The molecular weight excluding hydrogens is 416 g/mol. The van der Waals surface area contributed by atoms with Crippen LogP contribution in [-0.2, 0) is 13.0 Å². The summed E-state index contributed by atoms with van der Waals surface area (Å²) in [7, 11) is 0. The summed E-state index contributed by atoms with van der Waals surface area (Å²) in [4.78, 5) is 36.8. The zero-order chi connectivity index (χ0) is 22.7. The Balaban J connectivity index is 1.48. The van der Waals surface area contributed by atoms with Gasteiger partial charge in [-0.05, 0) is 53.4 Å². The Morgan fingerprint density at radius 3 is 2.47 bits per heavy atom. The maximum atomic E-state index is 13.5. The Kier molecular flexibility index (Phi) is 5.93. The average Bonchev–Trinajstić information content (AvgIpc) is 3.22. The Morgan fingerprint density at radius 2 is 1.72 bits per heavy atom. The smallest absolute Gasteiger partial charge is 0.264 e. The molecule has 162 valence electrons. The molecule has 0 atom stereocenters. The topological polar surface area (TPSA) is 87.7 Å². The largest absolute Gasteiger partial charge is 0.310 e. The highest BCUT2D eigenvalue weighted by Gasteiger charge is 2.13. The molecule has 0 unspecified atom stereocenters. The van der Waals surface area contributed by atoms with Crippen molar-refractivity contribution in [3.8, 4) is 11.3 Å². The first-order chi connectivity index (χ1) is 15.4. The maximum absolute atomic E-state index is 13.5. The number of carbonyl (C=O) groups is 1. The number of hydrogen-bond acceptors (Lipinski definition) is 3. The molecule has 0 radical (unpaired) electrons. The lowest BCUT2D eigenvalue weighted by molar-refractivity contribution is 0.0981. The van der Waals surface area contributed by atoms with Crippen LogP contribution >= 0.6 is 0 Å². The number of rotatable bonds is 7. The standard InChI is InChI=1S/C24H19F2N3O3/c25-19-8-6-16(12-20(19)26)14-29-10-2-5-18(24(29)32)22(30)9-7-15-3-1-4-17(11-15)21-13-23(31)28-27-21/h1-6,8,10-13H,7,9,14H2,(H2,27,28,31). The minimum absolute atomic E-state index is 0.0219. The van der Waals surface area contributed by atoms with E-state index in [0.29, 0.717) is 17.7 Å². The van der Waals surface area contributed by atoms with E-state index in [1.165, 1.54) is 29.0 Å². The number of nitrogens with one attached hydrogen (secondary N) is 2. The molecule has 0 spiro atoms. The first-order valence-corrected chi connectivity index (χ1v) is 9.94. The highest BCUT2D eigenvalue weighted by atomic mass is 19.2. The average molecular weight is 435 g/mol. The number of hydrogen-bond donors (Lipinski definition) is 2. The molecule has 4 aromatic rings. The second kappa shape index (κ2) is 8.97. The predicted octanol–water partition coefficient (Wildman–Crippen LogP) is 3.67. The van der Waals surface area contributed by atoms with Crippen molar-refractivity contribution < 1.29 is 13.6 Å². The van der Waals surface area contributed by atoms with Crippen LogP contribution < -0.4 is 11.1 Å². The van der Waals surface area contributed by atoms with E-state index >= 15 is 0 Å². The predicted molar refractivity (Wildman–Crippen MR) is 116 cm³/mol. The van der Waals surface area contributed by atoms with E-state index in [4.69, 9.17) is 0 Å². The second-order valence-corrected chi connectivity index (χ2v) is 7.40. The van der Waals surface area contributed by atoms with Crippen LogP contribution in [0.4, 0.5) is 8.78 Å². The van der Waals surface area contributed by atoms with Gasteiger partial charge in [-0.15, -0.1) is 0 Å². The van der Waals surface area contributed by atoms with Crippen LogP contribution in [0.25, 0.3) is 11.3 Å². The highest BCUT2D eigenvalue weighted by molar-refractivity contribution is 5.95. The second-order valence-electron chi connectivity index (χ2n) is 7.40. The summed E-state index contributed by atoms with van der Waals surface area (Å²) in [5.41, 5.74) is 2.07. The number of aromatic nitrogens is 3. The Labute approximate surface area is 181 Å². The quantitative estimate of drug-likeness (QED) is 0.434. The summed E-state index contributed by atoms with van der Waals surface area (Å²) in [5.74, 6) is -2.26. The summed E-state index contributed by atoms with van der Waals surface area (Å²) in [6, 6.07) is 15.3. The van der Waals surface area contributed by atoms with Crippen LogP contribution in [-0.4, -0.2) is 20.5 Å². The molecule has 0 amide bonds. The maximum Gasteiger partial charge on any atom is 0.264 e. The molecule has 2 aromatic carbocycles. The highest BCUT2D eigenvalue weighted by Crippen LogP contribution is 2.18. The van der Waals surface area contributed by atoms with Crippen molar-refractivity contribution >= 4 is 5.78 Å². The van der Waals surface area contributed by atoms with E-state index in [1.807, 2.05) is 24.3 Å². The molecular formula is C24H19F2N3O3. The third kappa shape index (κ3) is 4.64. The van der Waals surface area contributed by atoms with Gasteiger partial charge >= 0.3 is 0 Å². The number of benzene rings is 2. The number of carbonyl (C=O) groups excluding carboxylic acids is 1. The fourth-order valence-corrected chi connectivity index (χ4v) is 3.48. The summed E-state index contributed by atoms with van der Waals surface area (Å²) in [6.07, 6.45) is 2.04. The van der Waals surface area contributed by atoms with Crippen molar-refractivity contribution in [2.45, 2.75) is 19.4 Å². The van der Waals surface area contributed by atoms with Crippen LogP contribution in [0.5, 0.6) is 0 Å². The fraction of sp³-hybridized carbons (Fsp3) is 0.125. The zero-order valence-electron chi connectivity index (χ0n) is 16.9. The molecule has 0 aliphatic heterocycles. The van der Waals surface area contributed by atoms with E-state index in [-0.39, 0.29) is 29.9 Å². The van der Waals surface area contributed by atoms with Gasteiger partial charge in [0.2, 0.25) is 0 Å². The van der Waals surface area contributed by atoms with Gasteiger partial charge in [0, 0.05) is 18.7 Å². The molecule has 0 fully saturated rings. The van der Waals surface area contributed by atoms with Crippen LogP contribution in [0.2, 0.25) is 0 Å². The van der Waals surface area contributed by atoms with Crippen molar-refractivity contribution in [2.24, 2.45) is 0 Å². The molecule has 0 saturated heterocycles. The molecule has 0 saturated carbocycles. The Morgan fingerprint density at radius 1 is 0.875 bits per heavy atom. The molecule has 2 aromatic heterocycles. The third-order valence-electron chi connectivity index (χ3n) is 5.13. The van der Waals surface area contributed by atoms with Gasteiger partial charge in [-0.25, -0.2) is 8.78 Å². The van der Waals surface area contributed by atoms with Crippen LogP contribution in [0.1, 0.15) is 27.9 Å². The monoisotopic (exact) mass is 435 g/mol. The van der Waals surface area contributed by atoms with E-state index in [0.717, 1.165) is 23.3 Å². The first-order valence-electron chi connectivity index (χ1n) is 9.94. The van der Waals surface area contributed by atoms with E-state index < -0.39 is 17.2 Å². The van der Waals surface area contributed by atoms with Gasteiger partial charge in [0.15, 0.2) is 17.4 Å². The number of H-pyrrole nitrogens is 2. The van der Waals surface area contributed by atoms with Gasteiger partial charge in [0.25, 0.3) is 11.1 Å². The van der Waals surface area contributed by atoms with E-state index in [9.17, 15) is 23.2 Å². The summed E-state index contributed by atoms with van der Waals surface area (Å²) in [5, 5.41) is 5.27. The van der Waals surface area contributed by atoms with Crippen LogP contribution in [0.3, 0.4) is 0 Å². The summed E-state index contributed by atoms with van der Waals surface area (Å²) in [6.45, 7) is 0.0219. The number of nitrogens with zero attached hydrogens (tertiary/aromatic N) is 1. The van der Waals surface area contributed by atoms with E-state index in [2.05, 4.69) is 10.2 Å². The number of Topliss-reactive ketones (excluding diaryl/α,β-unsaturated/α-hetero) is 1. The number of aryl methyl sites for hydroxylation is 1. The number of halogens is 2. The molecule has 32 heavy (non-hydrogen) atoms. The molecule has 8 heteroatoms. The third-order valence-corrected chi connectivity index (χ3v) is 5.13. The molecule has 4 rings (SSSR count). The van der Waals surface area contributed by atoms with Crippen LogP contribution in [0.15, 0.2) is 76.4 Å². The van der Waals surface area contributed by atoms with Crippen molar-refractivity contribution in [3.05, 3.63) is 116 Å². The number of pyridine rings is 1. The van der Waals surface area contributed by atoms with Crippen molar-refractivity contribution in [1.29, 1.82) is 0 Å². The lowest BCUT2D eigenvalue weighted by Gasteiger charge is -2.09. The van der Waals surface area contributed by atoms with Gasteiger partial charge in [-0.3, -0.25) is 24.6 Å². The summed E-state index contributed by atoms with van der Waals surface area (Å²) < 4.78 is 27.9. The van der Waals surface area contributed by atoms with Crippen molar-refractivity contribution in [2.75, 3.05) is 0 Å². The van der Waals surface area contributed by atoms with Gasteiger partial charge < -0.3 is 4.57 Å². The Bertz CT molecular complexity index is 1400.